The van der Waals surface area contributed by atoms with Gasteiger partial charge in [0.05, 0.1) is 10.6 Å². The Hall–Kier alpha value is -3.30. The number of hydrogen-bond acceptors (Lipinski definition) is 6. The number of benzene rings is 2. The predicted octanol–water partition coefficient (Wildman–Crippen LogP) is 3.60. The van der Waals surface area contributed by atoms with Gasteiger partial charge in [0.25, 0.3) is 0 Å². The van der Waals surface area contributed by atoms with Gasteiger partial charge in [0.15, 0.2) is 0 Å². The summed E-state index contributed by atoms with van der Waals surface area (Å²) >= 11 is 0. The molecule has 8 nitrogen and oxygen atoms in total. The van der Waals surface area contributed by atoms with Crippen LogP contribution >= 0.6 is 0 Å². The third-order valence-electron chi connectivity index (χ3n) is 5.31. The number of amides is 1. The highest BCUT2D eigenvalue weighted by Crippen LogP contribution is 2.25. The van der Waals surface area contributed by atoms with Crippen LogP contribution in [-0.4, -0.2) is 30.8 Å². The van der Waals surface area contributed by atoms with Crippen LogP contribution in [0.3, 0.4) is 0 Å². The third-order valence-corrected chi connectivity index (χ3v) is 6.79. The number of unbranched alkanes of at least 4 members (excludes halogenated alkanes) is 1. The monoisotopic (exact) mass is 467 g/mol. The second kappa shape index (κ2) is 10.5. The molecule has 0 radical (unpaired) electrons. The van der Waals surface area contributed by atoms with Crippen LogP contribution in [-0.2, 0) is 21.2 Å². The van der Waals surface area contributed by atoms with Gasteiger partial charge < -0.3 is 11.1 Å². The number of nitrogens with zero attached hydrogens (tertiary/aromatic N) is 2. The van der Waals surface area contributed by atoms with Crippen molar-refractivity contribution >= 4 is 27.6 Å². The molecule has 0 saturated heterocycles. The fourth-order valence-corrected chi connectivity index (χ4v) is 4.53. The van der Waals surface area contributed by atoms with Crippen molar-refractivity contribution in [2.75, 3.05) is 17.6 Å². The van der Waals surface area contributed by atoms with E-state index in [1.54, 1.807) is 12.1 Å². The maximum Gasteiger partial charge on any atom is 0.240 e. The van der Waals surface area contributed by atoms with Crippen LogP contribution in [0.4, 0.5) is 11.6 Å². The molecule has 1 amide bonds. The van der Waals surface area contributed by atoms with Crippen molar-refractivity contribution in [1.29, 1.82) is 0 Å². The van der Waals surface area contributed by atoms with E-state index in [4.69, 9.17) is 5.73 Å². The van der Waals surface area contributed by atoms with E-state index in [2.05, 4.69) is 39.9 Å². The first-order chi connectivity index (χ1) is 15.7. The molecule has 9 heteroatoms. The fourth-order valence-electron chi connectivity index (χ4n) is 3.45. The highest BCUT2D eigenvalue weighted by atomic mass is 32.2. The number of nitrogen functional groups attached to an aromatic ring is 1. The van der Waals surface area contributed by atoms with Crippen molar-refractivity contribution in [3.8, 4) is 11.3 Å². The molecular weight excluding hydrogens is 438 g/mol. The average molecular weight is 468 g/mol. The first kappa shape index (κ1) is 24.3. The summed E-state index contributed by atoms with van der Waals surface area (Å²) in [6, 6.07) is 14.1. The molecule has 2 aromatic carbocycles. The Morgan fingerprint density at radius 3 is 2.45 bits per heavy atom. The smallest absolute Gasteiger partial charge is 0.240 e. The van der Waals surface area contributed by atoms with Gasteiger partial charge in [0, 0.05) is 30.4 Å². The number of aryl methyl sites for hydroxylation is 2. The van der Waals surface area contributed by atoms with Crippen LogP contribution in [0.1, 0.15) is 36.6 Å². The van der Waals surface area contributed by atoms with Crippen LogP contribution in [0.2, 0.25) is 0 Å². The number of hydrogen-bond donors (Lipinski definition) is 3. The van der Waals surface area contributed by atoms with E-state index in [1.165, 1.54) is 24.6 Å². The summed E-state index contributed by atoms with van der Waals surface area (Å²) in [4.78, 5) is 20.0. The number of nitrogens with one attached hydrogen (secondary N) is 2. The van der Waals surface area contributed by atoms with Gasteiger partial charge in [-0.05, 0) is 74.6 Å². The maximum atomic E-state index is 12.5. The van der Waals surface area contributed by atoms with E-state index in [9.17, 15) is 13.2 Å². The number of carbonyl (C=O) groups excluding carboxylic acids is 1. The number of rotatable bonds is 9. The quantitative estimate of drug-likeness (QED) is 0.413. The van der Waals surface area contributed by atoms with Gasteiger partial charge in [-0.15, -0.1) is 0 Å². The van der Waals surface area contributed by atoms with E-state index in [0.29, 0.717) is 25.1 Å². The van der Waals surface area contributed by atoms with Crippen molar-refractivity contribution in [2.24, 2.45) is 0 Å². The normalized spacial score (nSPS) is 11.4. The highest BCUT2D eigenvalue weighted by Gasteiger charge is 2.13. The number of sulfonamides is 1. The second-order valence-electron chi connectivity index (χ2n) is 7.91. The summed E-state index contributed by atoms with van der Waals surface area (Å²) in [5.74, 6) is 0.0159. The second-order valence-corrected chi connectivity index (χ2v) is 9.68. The van der Waals surface area contributed by atoms with Crippen LogP contribution < -0.4 is 15.8 Å². The standard InChI is InChI=1S/C24H29N5O3S/c1-16-7-6-9-22(17(16)2)23-15-20(28-24(25)29-23)8-4-5-14-26-33(31,32)21-12-10-19(11-13-21)27-18(3)30/h6-7,9-13,15,26H,4-5,8,14H2,1-3H3,(H,27,30)(H2,25,28,29). The largest absolute Gasteiger partial charge is 0.368 e. The van der Waals surface area contributed by atoms with E-state index in [-0.39, 0.29) is 16.8 Å². The predicted molar refractivity (Wildman–Crippen MR) is 130 cm³/mol. The lowest BCUT2D eigenvalue weighted by atomic mass is 10.00. The van der Waals surface area contributed by atoms with Crippen molar-refractivity contribution in [3.63, 3.8) is 0 Å². The molecule has 1 heterocycles. The zero-order chi connectivity index (χ0) is 24.0. The molecule has 0 aliphatic rings. The van der Waals surface area contributed by atoms with Gasteiger partial charge in [-0.2, -0.15) is 0 Å². The molecule has 4 N–H and O–H groups in total. The Bertz CT molecular complexity index is 1240. The van der Waals surface area contributed by atoms with Crippen LogP contribution in [0.25, 0.3) is 11.3 Å². The maximum absolute atomic E-state index is 12.5. The molecule has 0 fully saturated rings. The molecule has 0 aliphatic carbocycles. The summed E-state index contributed by atoms with van der Waals surface area (Å²) < 4.78 is 27.5. The van der Waals surface area contributed by atoms with Crippen molar-refractivity contribution < 1.29 is 13.2 Å². The summed E-state index contributed by atoms with van der Waals surface area (Å²) in [7, 11) is -3.62. The number of anilines is 2. The molecule has 0 bridgehead atoms. The molecule has 0 unspecified atom stereocenters. The van der Waals surface area contributed by atoms with E-state index >= 15 is 0 Å². The highest BCUT2D eigenvalue weighted by molar-refractivity contribution is 7.89. The number of aromatic nitrogens is 2. The SMILES string of the molecule is CC(=O)Nc1ccc(S(=O)(=O)NCCCCc2cc(-c3cccc(C)c3C)nc(N)n2)cc1. The lowest BCUT2D eigenvalue weighted by molar-refractivity contribution is -0.114. The Balaban J connectivity index is 1.55. The van der Waals surface area contributed by atoms with E-state index in [0.717, 1.165) is 28.9 Å². The Labute approximate surface area is 194 Å². The number of nitrogens with two attached hydrogens (primary N) is 1. The van der Waals surface area contributed by atoms with Crippen molar-refractivity contribution in [3.05, 3.63) is 65.4 Å². The minimum absolute atomic E-state index is 0.151. The van der Waals surface area contributed by atoms with Gasteiger partial charge in [-0.3, -0.25) is 4.79 Å². The summed E-state index contributed by atoms with van der Waals surface area (Å²) in [5, 5.41) is 2.61. The van der Waals surface area contributed by atoms with Crippen molar-refractivity contribution in [1.82, 2.24) is 14.7 Å². The minimum atomic E-state index is -3.62. The molecule has 33 heavy (non-hydrogen) atoms. The van der Waals surface area contributed by atoms with Crippen molar-refractivity contribution in [2.45, 2.75) is 44.9 Å². The van der Waals surface area contributed by atoms with Gasteiger partial charge in [0.1, 0.15) is 0 Å². The minimum Gasteiger partial charge on any atom is -0.368 e. The lowest BCUT2D eigenvalue weighted by Gasteiger charge is -2.10. The lowest BCUT2D eigenvalue weighted by Crippen LogP contribution is -2.24. The molecule has 0 saturated carbocycles. The Kier molecular flexibility index (Phi) is 7.78. The first-order valence-corrected chi connectivity index (χ1v) is 12.2. The summed E-state index contributed by atoms with van der Waals surface area (Å²) in [5.41, 5.74) is 11.5. The molecule has 0 aliphatic heterocycles. The Morgan fingerprint density at radius 2 is 1.76 bits per heavy atom. The summed E-state index contributed by atoms with van der Waals surface area (Å²) in [6.07, 6.45) is 2.05. The third kappa shape index (κ3) is 6.59. The molecule has 3 rings (SSSR count). The molecular formula is C24H29N5O3S. The van der Waals surface area contributed by atoms with Gasteiger partial charge >= 0.3 is 0 Å². The van der Waals surface area contributed by atoms with E-state index < -0.39 is 10.0 Å². The number of carbonyl (C=O) groups is 1. The first-order valence-electron chi connectivity index (χ1n) is 10.7. The average Bonchev–Trinajstić information content (AvgIpc) is 2.75. The van der Waals surface area contributed by atoms with E-state index in [1.807, 2.05) is 18.2 Å². The molecule has 0 atom stereocenters. The summed E-state index contributed by atoms with van der Waals surface area (Å²) in [6.45, 7) is 5.82. The zero-order valence-corrected chi connectivity index (χ0v) is 19.9. The molecule has 0 spiro atoms. The zero-order valence-electron chi connectivity index (χ0n) is 19.1. The fraction of sp³-hybridized carbons (Fsp3) is 0.292. The molecule has 174 valence electrons. The van der Waals surface area contributed by atoms with Crippen LogP contribution in [0.15, 0.2) is 53.4 Å². The van der Waals surface area contributed by atoms with Crippen LogP contribution in [0, 0.1) is 13.8 Å². The van der Waals surface area contributed by atoms with Gasteiger partial charge in [-0.25, -0.2) is 23.1 Å². The Morgan fingerprint density at radius 1 is 1.03 bits per heavy atom. The van der Waals surface area contributed by atoms with Gasteiger partial charge in [0.2, 0.25) is 21.9 Å². The van der Waals surface area contributed by atoms with Gasteiger partial charge in [-0.1, -0.05) is 18.2 Å². The topological polar surface area (TPSA) is 127 Å². The molecule has 3 aromatic rings. The van der Waals surface area contributed by atoms with Crippen LogP contribution in [0.5, 0.6) is 0 Å². The molecule has 1 aromatic heterocycles.